The second-order valence-electron chi connectivity index (χ2n) is 6.51. The van der Waals surface area contributed by atoms with E-state index in [-0.39, 0.29) is 18.9 Å². The molecular formula is C21H22N2O5. The summed E-state index contributed by atoms with van der Waals surface area (Å²) in [6.45, 7) is 1.69. The zero-order chi connectivity index (χ0) is 20.1. The molecule has 1 N–H and O–H groups in total. The molecule has 1 aliphatic rings. The van der Waals surface area contributed by atoms with Crippen LogP contribution in [-0.2, 0) is 19.1 Å². The summed E-state index contributed by atoms with van der Waals surface area (Å²) < 4.78 is 10.6. The summed E-state index contributed by atoms with van der Waals surface area (Å²) in [6, 6.07) is 16.0. The normalized spacial score (nSPS) is 17.1. The maximum Gasteiger partial charge on any atom is 0.312 e. The van der Waals surface area contributed by atoms with Crippen LogP contribution in [0.3, 0.4) is 0 Å². The Morgan fingerprint density at radius 2 is 1.79 bits per heavy atom. The zero-order valence-corrected chi connectivity index (χ0v) is 15.8. The molecule has 7 nitrogen and oxygen atoms in total. The number of rotatable bonds is 6. The number of nitrogens with zero attached hydrogens (tertiary/aromatic N) is 1. The Balaban J connectivity index is 1.60. The lowest BCUT2D eigenvalue weighted by Gasteiger charge is -2.20. The third-order valence-electron chi connectivity index (χ3n) is 4.54. The third-order valence-corrected chi connectivity index (χ3v) is 4.54. The minimum atomic E-state index is -0.969. The maximum atomic E-state index is 12.5. The first-order valence-electron chi connectivity index (χ1n) is 8.99. The molecular weight excluding hydrogens is 360 g/mol. The van der Waals surface area contributed by atoms with Crippen LogP contribution in [0.1, 0.15) is 13.3 Å². The minimum absolute atomic E-state index is 0.0317. The number of para-hydroxylation sites is 3. The molecule has 28 heavy (non-hydrogen) atoms. The first kappa shape index (κ1) is 19.4. The van der Waals surface area contributed by atoms with Gasteiger partial charge in [0.25, 0.3) is 5.91 Å². The van der Waals surface area contributed by atoms with Gasteiger partial charge in [-0.05, 0) is 31.2 Å². The highest BCUT2D eigenvalue weighted by molar-refractivity contribution is 6.01. The van der Waals surface area contributed by atoms with Gasteiger partial charge in [0.1, 0.15) is 5.75 Å². The molecule has 1 heterocycles. The molecule has 0 spiro atoms. The van der Waals surface area contributed by atoms with E-state index in [4.69, 9.17) is 9.47 Å². The van der Waals surface area contributed by atoms with Crippen LogP contribution in [0.2, 0.25) is 0 Å². The van der Waals surface area contributed by atoms with Crippen LogP contribution in [-0.4, -0.2) is 37.5 Å². The monoisotopic (exact) mass is 382 g/mol. The molecule has 3 rings (SSSR count). The molecule has 2 amide bonds. The molecule has 1 fully saturated rings. The van der Waals surface area contributed by atoms with Crippen LogP contribution < -0.4 is 15.0 Å². The van der Waals surface area contributed by atoms with E-state index in [1.807, 2.05) is 12.1 Å². The van der Waals surface area contributed by atoms with Gasteiger partial charge in [-0.2, -0.15) is 0 Å². The van der Waals surface area contributed by atoms with Gasteiger partial charge in [-0.15, -0.1) is 0 Å². The molecule has 2 atom stereocenters. The summed E-state index contributed by atoms with van der Waals surface area (Å²) in [7, 11) is 1.53. The topological polar surface area (TPSA) is 84.9 Å². The highest BCUT2D eigenvalue weighted by Crippen LogP contribution is 2.33. The van der Waals surface area contributed by atoms with E-state index in [1.54, 1.807) is 42.5 Å². The van der Waals surface area contributed by atoms with Crippen molar-refractivity contribution >= 4 is 29.2 Å². The number of carbonyl (C=O) groups excluding carboxylic acids is 3. The van der Waals surface area contributed by atoms with Gasteiger partial charge in [-0.25, -0.2) is 0 Å². The summed E-state index contributed by atoms with van der Waals surface area (Å²) in [6.07, 6.45) is -0.938. The summed E-state index contributed by atoms with van der Waals surface area (Å²) in [5.41, 5.74) is 1.23. The predicted molar refractivity (Wildman–Crippen MR) is 104 cm³/mol. The van der Waals surface area contributed by atoms with Crippen molar-refractivity contribution in [2.24, 2.45) is 5.92 Å². The summed E-state index contributed by atoms with van der Waals surface area (Å²) >= 11 is 0. The van der Waals surface area contributed by atoms with Gasteiger partial charge in [-0.3, -0.25) is 14.4 Å². The highest BCUT2D eigenvalue weighted by Gasteiger charge is 2.38. The average Bonchev–Trinajstić information content (AvgIpc) is 3.10. The van der Waals surface area contributed by atoms with E-state index in [1.165, 1.54) is 18.9 Å². The Bertz CT molecular complexity index is 868. The van der Waals surface area contributed by atoms with E-state index in [0.29, 0.717) is 17.1 Å². The third kappa shape index (κ3) is 4.31. The van der Waals surface area contributed by atoms with E-state index < -0.39 is 23.9 Å². The first-order chi connectivity index (χ1) is 13.5. The maximum absolute atomic E-state index is 12.5. The minimum Gasteiger partial charge on any atom is -0.495 e. The molecule has 2 aromatic carbocycles. The standard InChI is InChI=1S/C21H22N2O5/c1-14(20(25)22-16-8-4-3-5-9-16)28-21(26)15-12-19(24)23(13-15)17-10-6-7-11-18(17)27-2/h3-11,14-15H,12-13H2,1-2H3,(H,22,25)/t14-,15-/m0/s1. The van der Waals surface area contributed by atoms with Crippen molar-refractivity contribution in [1.29, 1.82) is 0 Å². The van der Waals surface area contributed by atoms with Gasteiger partial charge in [0.15, 0.2) is 6.10 Å². The van der Waals surface area contributed by atoms with E-state index in [0.717, 1.165) is 0 Å². The van der Waals surface area contributed by atoms with Gasteiger partial charge >= 0.3 is 5.97 Å². The Labute approximate surface area is 163 Å². The van der Waals surface area contributed by atoms with Crippen molar-refractivity contribution in [2.45, 2.75) is 19.4 Å². The number of carbonyl (C=O) groups is 3. The van der Waals surface area contributed by atoms with Crippen molar-refractivity contribution in [3.63, 3.8) is 0 Å². The van der Waals surface area contributed by atoms with Gasteiger partial charge in [0.05, 0.1) is 18.7 Å². The predicted octanol–water partition coefficient (Wildman–Crippen LogP) is 2.62. The Morgan fingerprint density at radius 1 is 1.11 bits per heavy atom. The van der Waals surface area contributed by atoms with Crippen LogP contribution in [0.5, 0.6) is 5.75 Å². The fourth-order valence-electron chi connectivity index (χ4n) is 3.04. The van der Waals surface area contributed by atoms with Crippen LogP contribution in [0, 0.1) is 5.92 Å². The van der Waals surface area contributed by atoms with Gasteiger partial charge in [0.2, 0.25) is 5.91 Å². The fourth-order valence-corrected chi connectivity index (χ4v) is 3.04. The van der Waals surface area contributed by atoms with Crippen molar-refractivity contribution in [3.8, 4) is 5.75 Å². The number of anilines is 2. The molecule has 7 heteroatoms. The van der Waals surface area contributed by atoms with E-state index >= 15 is 0 Å². The molecule has 0 bridgehead atoms. The number of ether oxygens (including phenoxy) is 2. The number of methoxy groups -OCH3 is 1. The SMILES string of the molecule is COc1ccccc1N1C[C@@H](C(=O)O[C@@H](C)C(=O)Nc2ccccc2)CC1=O. The first-order valence-corrected chi connectivity index (χ1v) is 8.99. The fraction of sp³-hybridized carbons (Fsp3) is 0.286. The molecule has 0 radical (unpaired) electrons. The average molecular weight is 382 g/mol. The second-order valence-corrected chi connectivity index (χ2v) is 6.51. The number of esters is 1. The molecule has 146 valence electrons. The molecule has 1 saturated heterocycles. The Hall–Kier alpha value is -3.35. The summed E-state index contributed by atoms with van der Waals surface area (Å²) in [4.78, 5) is 38.6. The smallest absolute Gasteiger partial charge is 0.312 e. The van der Waals surface area contributed by atoms with Gasteiger partial charge < -0.3 is 19.7 Å². The quantitative estimate of drug-likeness (QED) is 0.777. The lowest BCUT2D eigenvalue weighted by atomic mass is 10.1. The molecule has 1 aliphatic heterocycles. The lowest BCUT2D eigenvalue weighted by Crippen LogP contribution is -2.33. The van der Waals surface area contributed by atoms with Crippen LogP contribution in [0.25, 0.3) is 0 Å². The number of hydrogen-bond donors (Lipinski definition) is 1. The highest BCUT2D eigenvalue weighted by atomic mass is 16.5. The zero-order valence-electron chi connectivity index (χ0n) is 15.8. The van der Waals surface area contributed by atoms with E-state index in [2.05, 4.69) is 5.32 Å². The number of hydrogen-bond acceptors (Lipinski definition) is 5. The molecule has 0 saturated carbocycles. The molecule has 2 aromatic rings. The van der Waals surface area contributed by atoms with Gasteiger partial charge in [0, 0.05) is 18.7 Å². The van der Waals surface area contributed by atoms with Gasteiger partial charge in [-0.1, -0.05) is 30.3 Å². The van der Waals surface area contributed by atoms with Crippen LogP contribution >= 0.6 is 0 Å². The van der Waals surface area contributed by atoms with Crippen molar-refractivity contribution < 1.29 is 23.9 Å². The van der Waals surface area contributed by atoms with Crippen LogP contribution in [0.15, 0.2) is 54.6 Å². The lowest BCUT2D eigenvalue weighted by molar-refractivity contribution is -0.157. The van der Waals surface area contributed by atoms with Crippen molar-refractivity contribution in [1.82, 2.24) is 0 Å². The molecule has 0 aromatic heterocycles. The second kappa shape index (κ2) is 8.56. The summed E-state index contributed by atoms with van der Waals surface area (Å²) in [5, 5.41) is 2.69. The number of nitrogens with one attached hydrogen (secondary N) is 1. The Kier molecular flexibility index (Phi) is 5.93. The summed E-state index contributed by atoms with van der Waals surface area (Å²) in [5.74, 6) is -1.26. The van der Waals surface area contributed by atoms with Crippen LogP contribution in [0.4, 0.5) is 11.4 Å². The largest absolute Gasteiger partial charge is 0.495 e. The number of amides is 2. The van der Waals surface area contributed by atoms with Crippen molar-refractivity contribution in [3.05, 3.63) is 54.6 Å². The molecule has 0 aliphatic carbocycles. The Morgan fingerprint density at radius 3 is 2.50 bits per heavy atom. The number of benzene rings is 2. The molecule has 0 unspecified atom stereocenters. The van der Waals surface area contributed by atoms with Crippen molar-refractivity contribution in [2.75, 3.05) is 23.9 Å². The van der Waals surface area contributed by atoms with E-state index in [9.17, 15) is 14.4 Å².